The molecule has 3 aromatic carbocycles. The maximum absolute atomic E-state index is 6.25. The molecule has 0 fully saturated rings. The molecule has 0 amide bonds. The largest absolute Gasteiger partial charge is 0.226 e. The van der Waals surface area contributed by atoms with Gasteiger partial charge < -0.3 is 0 Å². The van der Waals surface area contributed by atoms with E-state index in [9.17, 15) is 0 Å². The predicted molar refractivity (Wildman–Crippen MR) is 118 cm³/mol. The Kier molecular flexibility index (Phi) is 4.41. The van der Waals surface area contributed by atoms with E-state index in [0.717, 1.165) is 11.1 Å². The summed E-state index contributed by atoms with van der Waals surface area (Å²) in [4.78, 5) is 16.0. The number of benzene rings is 3. The minimum atomic E-state index is -0.105. The van der Waals surface area contributed by atoms with Gasteiger partial charge in [0, 0.05) is 26.3 Å². The average molecular weight is 416 g/mol. The van der Waals surface area contributed by atoms with Gasteiger partial charge >= 0.3 is 0 Å². The van der Waals surface area contributed by atoms with Gasteiger partial charge in [0.25, 0.3) is 0 Å². The van der Waals surface area contributed by atoms with Crippen molar-refractivity contribution in [2.24, 2.45) is 0 Å². The van der Waals surface area contributed by atoms with Crippen molar-refractivity contribution in [3.05, 3.63) is 89.2 Å². The van der Waals surface area contributed by atoms with Crippen LogP contribution < -0.4 is 0 Å². The van der Waals surface area contributed by atoms with Crippen molar-refractivity contribution in [2.45, 2.75) is 29.1 Å². The minimum Gasteiger partial charge on any atom is -0.208 e. The summed E-state index contributed by atoms with van der Waals surface area (Å²) < 4.78 is 0. The summed E-state index contributed by atoms with van der Waals surface area (Å²) >= 11 is 8.06. The number of hydrogen-bond acceptors (Lipinski definition) is 4. The molecule has 0 atom stereocenters. The van der Waals surface area contributed by atoms with Crippen molar-refractivity contribution < 1.29 is 0 Å². The van der Waals surface area contributed by atoms with Gasteiger partial charge in [0.05, 0.1) is 0 Å². The van der Waals surface area contributed by atoms with Crippen LogP contribution in [-0.2, 0) is 5.41 Å². The van der Waals surface area contributed by atoms with Gasteiger partial charge in [-0.1, -0.05) is 80.2 Å². The third-order valence-corrected chi connectivity index (χ3v) is 6.65. The zero-order chi connectivity index (χ0) is 20.0. The highest BCUT2D eigenvalue weighted by Gasteiger charge is 2.33. The van der Waals surface area contributed by atoms with Crippen LogP contribution in [0.15, 0.2) is 82.6 Å². The quantitative estimate of drug-likeness (QED) is 0.367. The fourth-order valence-electron chi connectivity index (χ4n) is 3.78. The lowest BCUT2D eigenvalue weighted by Gasteiger charge is -2.34. The first-order valence-corrected chi connectivity index (χ1v) is 10.6. The SMILES string of the molecule is CC1(C)c2ccccc2Sc2ccc(-c3nc(Cl)nc(-c4ccccc4)n3)cc21. The molecule has 0 N–H and O–H groups in total. The summed E-state index contributed by atoms with van der Waals surface area (Å²) in [6.07, 6.45) is 0. The number of fused-ring (bicyclic) bond motifs is 2. The Labute approximate surface area is 179 Å². The molecule has 0 saturated carbocycles. The van der Waals surface area contributed by atoms with Gasteiger partial charge in [0.1, 0.15) is 0 Å². The van der Waals surface area contributed by atoms with E-state index in [0.29, 0.717) is 11.6 Å². The Morgan fingerprint density at radius 2 is 1.34 bits per heavy atom. The topological polar surface area (TPSA) is 38.7 Å². The molecule has 5 rings (SSSR count). The molecular formula is C24H18ClN3S. The van der Waals surface area contributed by atoms with Crippen LogP contribution in [0.5, 0.6) is 0 Å². The second-order valence-electron chi connectivity index (χ2n) is 7.55. The van der Waals surface area contributed by atoms with Gasteiger partial charge in [0.2, 0.25) is 5.28 Å². The van der Waals surface area contributed by atoms with E-state index in [4.69, 9.17) is 16.6 Å². The van der Waals surface area contributed by atoms with Crippen LogP contribution in [0.4, 0.5) is 0 Å². The molecule has 4 aromatic rings. The molecule has 1 aliphatic heterocycles. The van der Waals surface area contributed by atoms with Crippen LogP contribution in [0, 0.1) is 0 Å². The number of hydrogen-bond donors (Lipinski definition) is 0. The molecule has 29 heavy (non-hydrogen) atoms. The highest BCUT2D eigenvalue weighted by molar-refractivity contribution is 7.99. The molecule has 0 spiro atoms. The molecule has 1 aromatic heterocycles. The van der Waals surface area contributed by atoms with Crippen molar-refractivity contribution in [3.8, 4) is 22.8 Å². The summed E-state index contributed by atoms with van der Waals surface area (Å²) in [5.41, 5.74) is 4.37. The Balaban J connectivity index is 1.63. The van der Waals surface area contributed by atoms with E-state index < -0.39 is 0 Å². The minimum absolute atomic E-state index is 0.105. The molecule has 2 heterocycles. The van der Waals surface area contributed by atoms with Crippen molar-refractivity contribution in [2.75, 3.05) is 0 Å². The summed E-state index contributed by atoms with van der Waals surface area (Å²) in [6, 6.07) is 24.9. The number of halogens is 1. The normalized spacial score (nSPS) is 14.2. The van der Waals surface area contributed by atoms with Crippen LogP contribution in [-0.4, -0.2) is 15.0 Å². The second kappa shape index (κ2) is 6.97. The highest BCUT2D eigenvalue weighted by atomic mass is 35.5. The summed E-state index contributed by atoms with van der Waals surface area (Å²) in [5, 5.41) is 0.200. The number of aromatic nitrogens is 3. The van der Waals surface area contributed by atoms with E-state index in [-0.39, 0.29) is 10.7 Å². The van der Waals surface area contributed by atoms with Gasteiger partial charge in [-0.05, 0) is 40.9 Å². The Bertz CT molecular complexity index is 1220. The van der Waals surface area contributed by atoms with Crippen molar-refractivity contribution in [1.82, 2.24) is 15.0 Å². The molecule has 0 radical (unpaired) electrons. The Morgan fingerprint density at radius 3 is 2.14 bits per heavy atom. The molecule has 142 valence electrons. The van der Waals surface area contributed by atoms with Gasteiger partial charge in [-0.15, -0.1) is 0 Å². The van der Waals surface area contributed by atoms with Gasteiger partial charge in [0.15, 0.2) is 11.6 Å². The van der Waals surface area contributed by atoms with Crippen molar-refractivity contribution >= 4 is 23.4 Å². The molecular weight excluding hydrogens is 398 g/mol. The smallest absolute Gasteiger partial charge is 0.208 e. The van der Waals surface area contributed by atoms with Crippen LogP contribution in [0.3, 0.4) is 0 Å². The molecule has 0 unspecified atom stereocenters. The zero-order valence-electron chi connectivity index (χ0n) is 16.1. The fraction of sp³-hybridized carbons (Fsp3) is 0.125. The number of rotatable bonds is 2. The van der Waals surface area contributed by atoms with Gasteiger partial charge in [-0.25, -0.2) is 4.98 Å². The molecule has 1 aliphatic rings. The summed E-state index contributed by atoms with van der Waals surface area (Å²) in [5.74, 6) is 1.17. The standard InChI is InChI=1S/C24H18ClN3S/c1-24(2)17-10-6-7-11-19(17)29-20-13-12-16(14-18(20)24)22-26-21(27-23(25)28-22)15-8-4-3-5-9-15/h3-14H,1-2H3. The van der Waals surface area contributed by atoms with Gasteiger partial charge in [-0.2, -0.15) is 9.97 Å². The van der Waals surface area contributed by atoms with Gasteiger partial charge in [-0.3, -0.25) is 0 Å². The number of nitrogens with zero attached hydrogens (tertiary/aromatic N) is 3. The van der Waals surface area contributed by atoms with E-state index >= 15 is 0 Å². The highest BCUT2D eigenvalue weighted by Crippen LogP contribution is 2.49. The van der Waals surface area contributed by atoms with E-state index in [1.807, 2.05) is 42.1 Å². The fourth-order valence-corrected chi connectivity index (χ4v) is 5.31. The predicted octanol–water partition coefficient (Wildman–Crippen LogP) is 6.65. The zero-order valence-corrected chi connectivity index (χ0v) is 17.6. The first-order chi connectivity index (χ1) is 14.0. The van der Waals surface area contributed by atoms with Crippen LogP contribution in [0.25, 0.3) is 22.8 Å². The summed E-state index contributed by atoms with van der Waals surface area (Å²) in [7, 11) is 0. The third kappa shape index (κ3) is 3.22. The molecule has 0 bridgehead atoms. The first-order valence-electron chi connectivity index (χ1n) is 9.41. The molecule has 3 nitrogen and oxygen atoms in total. The molecule has 0 saturated heterocycles. The van der Waals surface area contributed by atoms with Crippen LogP contribution in [0.1, 0.15) is 25.0 Å². The first kappa shape index (κ1) is 18.3. The lowest BCUT2D eigenvalue weighted by molar-refractivity contribution is 0.607. The maximum atomic E-state index is 6.25. The molecule has 5 heteroatoms. The lowest BCUT2D eigenvalue weighted by atomic mass is 9.77. The lowest BCUT2D eigenvalue weighted by Crippen LogP contribution is -2.23. The maximum Gasteiger partial charge on any atom is 0.226 e. The van der Waals surface area contributed by atoms with Crippen LogP contribution >= 0.6 is 23.4 Å². The van der Waals surface area contributed by atoms with Crippen molar-refractivity contribution in [1.29, 1.82) is 0 Å². The Hall–Kier alpha value is -2.69. The van der Waals surface area contributed by atoms with E-state index in [1.165, 1.54) is 20.9 Å². The van der Waals surface area contributed by atoms with Crippen molar-refractivity contribution in [3.63, 3.8) is 0 Å². The second-order valence-corrected chi connectivity index (χ2v) is 8.97. The van der Waals surface area contributed by atoms with E-state index in [1.54, 1.807) is 0 Å². The van der Waals surface area contributed by atoms with E-state index in [2.05, 4.69) is 66.3 Å². The molecule has 0 aliphatic carbocycles. The Morgan fingerprint density at radius 1 is 0.690 bits per heavy atom. The van der Waals surface area contributed by atoms with Crippen LogP contribution in [0.2, 0.25) is 5.28 Å². The summed E-state index contributed by atoms with van der Waals surface area (Å²) in [6.45, 7) is 4.54. The third-order valence-electron chi connectivity index (χ3n) is 5.33. The average Bonchev–Trinajstić information content (AvgIpc) is 2.74. The monoisotopic (exact) mass is 415 g/mol.